The Morgan fingerprint density at radius 2 is 1.79 bits per heavy atom. The van der Waals surface area contributed by atoms with Crippen molar-refractivity contribution in [2.75, 3.05) is 23.9 Å². The summed E-state index contributed by atoms with van der Waals surface area (Å²) in [4.78, 5) is 42.2. The summed E-state index contributed by atoms with van der Waals surface area (Å²) >= 11 is 1.33. The van der Waals surface area contributed by atoms with Crippen molar-refractivity contribution in [1.82, 2.24) is 10.2 Å². The van der Waals surface area contributed by atoms with Gasteiger partial charge in [-0.25, -0.2) is 4.79 Å². The van der Waals surface area contributed by atoms with Gasteiger partial charge in [0.25, 0.3) is 5.91 Å². The zero-order chi connectivity index (χ0) is 26.6. The quantitative estimate of drug-likeness (QED) is 0.367. The van der Waals surface area contributed by atoms with Crippen LogP contribution in [-0.2, 0) is 9.53 Å². The molecule has 0 saturated heterocycles. The Kier molecular flexibility index (Phi) is 7.83. The van der Waals surface area contributed by atoms with Crippen molar-refractivity contribution < 1.29 is 19.1 Å². The molecule has 38 heavy (non-hydrogen) atoms. The minimum absolute atomic E-state index is 0.00371. The van der Waals surface area contributed by atoms with E-state index in [0.717, 1.165) is 49.0 Å². The highest BCUT2D eigenvalue weighted by atomic mass is 32.1. The van der Waals surface area contributed by atoms with Crippen molar-refractivity contribution in [1.29, 1.82) is 0 Å². The van der Waals surface area contributed by atoms with Crippen LogP contribution in [0.4, 0.5) is 11.4 Å². The van der Waals surface area contributed by atoms with Crippen molar-refractivity contribution in [3.63, 3.8) is 0 Å². The van der Waals surface area contributed by atoms with E-state index in [2.05, 4.69) is 22.4 Å². The molecule has 0 radical (unpaired) electrons. The number of thiophene rings is 1. The van der Waals surface area contributed by atoms with Gasteiger partial charge < -0.3 is 15.0 Å². The van der Waals surface area contributed by atoms with E-state index in [0.29, 0.717) is 34.6 Å². The summed E-state index contributed by atoms with van der Waals surface area (Å²) in [6.07, 6.45) is 7.65. The zero-order valence-electron chi connectivity index (χ0n) is 21.7. The van der Waals surface area contributed by atoms with Gasteiger partial charge in [-0.15, -0.1) is 16.4 Å². The number of hydrogen-bond acceptors (Lipinski definition) is 7. The molecular weight excluding hydrogens is 500 g/mol. The standard InChI is InChI=1S/C29H32N4O4S/c1-18-5-9-21(10-6-18)28(35)33(17-19-7-8-19)24-16-25(38-26(24)29(36)37-2)20-11-13-22(14-12-20)31-27(34)23-4-3-15-30-32-23/h3-4,11-16,18-19,21H,5-10,17H2,1-2H3,(H,31,34)/t18-,21-. The number of amides is 2. The number of nitrogens with zero attached hydrogens (tertiary/aromatic N) is 3. The topological polar surface area (TPSA) is 101 Å². The minimum Gasteiger partial charge on any atom is -0.465 e. The molecule has 2 heterocycles. The fourth-order valence-electron chi connectivity index (χ4n) is 4.89. The lowest BCUT2D eigenvalue weighted by molar-refractivity contribution is -0.123. The van der Waals surface area contributed by atoms with E-state index >= 15 is 0 Å². The third-order valence-corrected chi connectivity index (χ3v) is 8.53. The van der Waals surface area contributed by atoms with E-state index in [9.17, 15) is 14.4 Å². The van der Waals surface area contributed by atoms with Crippen LogP contribution in [0.15, 0.2) is 48.7 Å². The summed E-state index contributed by atoms with van der Waals surface area (Å²) in [5, 5.41) is 10.4. The second-order valence-electron chi connectivity index (χ2n) is 10.3. The second-order valence-corrected chi connectivity index (χ2v) is 11.4. The number of methoxy groups -OCH3 is 1. The lowest BCUT2D eigenvalue weighted by Gasteiger charge is -2.31. The third-order valence-electron chi connectivity index (χ3n) is 7.38. The first kappa shape index (κ1) is 26.0. The number of ether oxygens (including phenoxy) is 1. The predicted octanol–water partition coefficient (Wildman–Crippen LogP) is 5.81. The average molecular weight is 533 g/mol. The molecule has 198 valence electrons. The molecular formula is C29H32N4O4S. The Balaban J connectivity index is 1.40. The molecule has 1 N–H and O–H groups in total. The Hall–Kier alpha value is -3.59. The molecule has 2 aromatic heterocycles. The van der Waals surface area contributed by atoms with Gasteiger partial charge in [0.2, 0.25) is 5.91 Å². The first-order valence-corrected chi connectivity index (χ1v) is 14.0. The van der Waals surface area contributed by atoms with Crippen molar-refractivity contribution in [3.8, 4) is 10.4 Å². The molecule has 1 aromatic carbocycles. The number of nitrogens with one attached hydrogen (secondary N) is 1. The molecule has 0 atom stereocenters. The van der Waals surface area contributed by atoms with Gasteiger partial charge in [-0.2, -0.15) is 5.10 Å². The van der Waals surface area contributed by atoms with E-state index in [1.54, 1.807) is 24.3 Å². The largest absolute Gasteiger partial charge is 0.465 e. The number of anilines is 2. The monoisotopic (exact) mass is 532 g/mol. The van der Waals surface area contributed by atoms with Gasteiger partial charge in [-0.1, -0.05) is 19.1 Å². The Bertz CT molecular complexity index is 1300. The van der Waals surface area contributed by atoms with Crippen molar-refractivity contribution >= 4 is 40.5 Å². The Labute approximate surface area is 226 Å². The van der Waals surface area contributed by atoms with Gasteiger partial charge in [-0.3, -0.25) is 9.59 Å². The highest BCUT2D eigenvalue weighted by Gasteiger charge is 2.35. The average Bonchev–Trinajstić information content (AvgIpc) is 3.67. The van der Waals surface area contributed by atoms with E-state index in [4.69, 9.17) is 4.74 Å². The smallest absolute Gasteiger partial charge is 0.350 e. The van der Waals surface area contributed by atoms with Gasteiger partial charge in [0, 0.05) is 29.2 Å². The maximum atomic E-state index is 13.8. The maximum absolute atomic E-state index is 13.8. The normalized spacial score (nSPS) is 19.0. The molecule has 0 bridgehead atoms. The lowest BCUT2D eigenvalue weighted by Crippen LogP contribution is -2.39. The van der Waals surface area contributed by atoms with Crippen LogP contribution < -0.4 is 10.2 Å². The van der Waals surface area contributed by atoms with Gasteiger partial charge in [0.1, 0.15) is 4.88 Å². The first-order chi connectivity index (χ1) is 18.4. The molecule has 9 heteroatoms. The van der Waals surface area contributed by atoms with Crippen LogP contribution in [0.25, 0.3) is 10.4 Å². The molecule has 0 unspecified atom stereocenters. The lowest BCUT2D eigenvalue weighted by atomic mass is 9.82. The van der Waals surface area contributed by atoms with Crippen LogP contribution in [0.3, 0.4) is 0 Å². The fraction of sp³-hybridized carbons (Fsp3) is 0.414. The summed E-state index contributed by atoms with van der Waals surface area (Å²) in [5.41, 5.74) is 2.38. The molecule has 5 rings (SSSR count). The summed E-state index contributed by atoms with van der Waals surface area (Å²) in [6, 6.07) is 12.6. The van der Waals surface area contributed by atoms with Crippen LogP contribution in [0.2, 0.25) is 0 Å². The highest BCUT2D eigenvalue weighted by molar-refractivity contribution is 7.18. The molecule has 2 fully saturated rings. The third kappa shape index (κ3) is 5.93. The molecule has 2 amide bonds. The summed E-state index contributed by atoms with van der Waals surface area (Å²) in [6.45, 7) is 2.88. The SMILES string of the molecule is COC(=O)c1sc(-c2ccc(NC(=O)c3cccnn3)cc2)cc1N(CC1CC1)C(=O)[C@H]1CC[C@H](C)CC1. The van der Waals surface area contributed by atoms with E-state index in [1.165, 1.54) is 24.6 Å². The van der Waals surface area contributed by atoms with Crippen LogP contribution in [-0.4, -0.2) is 41.6 Å². The second kappa shape index (κ2) is 11.4. The number of esters is 1. The number of hydrogen-bond donors (Lipinski definition) is 1. The zero-order valence-corrected chi connectivity index (χ0v) is 22.5. The molecule has 2 aliphatic carbocycles. The van der Waals surface area contributed by atoms with Gasteiger partial charge in [0.15, 0.2) is 5.69 Å². The van der Waals surface area contributed by atoms with E-state index < -0.39 is 5.97 Å². The van der Waals surface area contributed by atoms with Crippen molar-refractivity contribution in [2.45, 2.75) is 45.4 Å². The molecule has 8 nitrogen and oxygen atoms in total. The number of benzene rings is 1. The van der Waals surface area contributed by atoms with E-state index in [1.807, 2.05) is 23.1 Å². The van der Waals surface area contributed by atoms with Crippen molar-refractivity contribution in [3.05, 3.63) is 59.2 Å². The van der Waals surface area contributed by atoms with Crippen molar-refractivity contribution in [2.24, 2.45) is 17.8 Å². The molecule has 0 aliphatic heterocycles. The highest BCUT2D eigenvalue weighted by Crippen LogP contribution is 2.41. The molecule has 3 aromatic rings. The fourth-order valence-corrected chi connectivity index (χ4v) is 5.98. The summed E-state index contributed by atoms with van der Waals surface area (Å²) in [7, 11) is 1.37. The number of carbonyl (C=O) groups is 3. The molecule has 2 saturated carbocycles. The maximum Gasteiger partial charge on any atom is 0.350 e. The molecule has 0 spiro atoms. The van der Waals surface area contributed by atoms with E-state index in [-0.39, 0.29) is 23.4 Å². The molecule has 2 aliphatic rings. The number of carbonyl (C=O) groups excluding carboxylic acids is 3. The van der Waals surface area contributed by atoms with Crippen LogP contribution in [0, 0.1) is 17.8 Å². The minimum atomic E-state index is -0.435. The van der Waals surface area contributed by atoms with Crippen LogP contribution in [0.1, 0.15) is 65.6 Å². The van der Waals surface area contributed by atoms with Crippen LogP contribution >= 0.6 is 11.3 Å². The Morgan fingerprint density at radius 1 is 1.05 bits per heavy atom. The summed E-state index contributed by atoms with van der Waals surface area (Å²) < 4.78 is 5.12. The number of aromatic nitrogens is 2. The van der Waals surface area contributed by atoms with Crippen LogP contribution in [0.5, 0.6) is 0 Å². The van der Waals surface area contributed by atoms with Gasteiger partial charge >= 0.3 is 5.97 Å². The predicted molar refractivity (Wildman–Crippen MR) is 147 cm³/mol. The Morgan fingerprint density at radius 3 is 2.42 bits per heavy atom. The van der Waals surface area contributed by atoms with Gasteiger partial charge in [0.05, 0.1) is 12.8 Å². The summed E-state index contributed by atoms with van der Waals surface area (Å²) in [5.74, 6) is 0.477. The van der Waals surface area contributed by atoms with Gasteiger partial charge in [-0.05, 0) is 86.3 Å². The first-order valence-electron chi connectivity index (χ1n) is 13.2. The number of rotatable bonds is 8.